The Morgan fingerprint density at radius 1 is 1.45 bits per heavy atom. The van der Waals surface area contributed by atoms with E-state index >= 15 is 0 Å². The van der Waals surface area contributed by atoms with Crippen LogP contribution in [0.2, 0.25) is 0 Å². The smallest absolute Gasteiger partial charge is 0.241 e. The summed E-state index contributed by atoms with van der Waals surface area (Å²) in [4.78, 5) is 15.1. The van der Waals surface area contributed by atoms with Crippen LogP contribution in [0.3, 0.4) is 0 Å². The van der Waals surface area contributed by atoms with Gasteiger partial charge < -0.3 is 20.6 Å². The first kappa shape index (κ1) is 12.4. The second kappa shape index (κ2) is 5.18. The van der Waals surface area contributed by atoms with Gasteiger partial charge in [-0.05, 0) is 18.1 Å². The first-order chi connectivity index (χ1) is 9.74. The summed E-state index contributed by atoms with van der Waals surface area (Å²) in [5, 5.41) is 7.25. The van der Waals surface area contributed by atoms with Crippen molar-refractivity contribution >= 4 is 22.5 Å². The molecule has 2 heterocycles. The first-order valence-electron chi connectivity index (χ1n) is 6.25. The van der Waals surface area contributed by atoms with E-state index in [-0.39, 0.29) is 5.91 Å². The number of nitrogens with zero attached hydrogens (tertiary/aromatic N) is 1. The summed E-state index contributed by atoms with van der Waals surface area (Å²) in [5.74, 6) is -0.265. The van der Waals surface area contributed by atoms with Crippen molar-refractivity contribution in [2.45, 2.75) is 12.5 Å². The van der Waals surface area contributed by atoms with Crippen LogP contribution < -0.4 is 11.1 Å². The number of hydrogen-bond donors (Lipinski definition) is 3. The molecule has 0 aliphatic carbocycles. The number of nitrogens with two attached hydrogens (primary N) is 1. The number of rotatable bonds is 4. The van der Waals surface area contributed by atoms with Gasteiger partial charge in [0.15, 0.2) is 0 Å². The highest BCUT2D eigenvalue weighted by molar-refractivity contribution is 5.95. The summed E-state index contributed by atoms with van der Waals surface area (Å²) in [5.41, 5.74) is 8.50. The highest BCUT2D eigenvalue weighted by Gasteiger charge is 2.16. The predicted octanol–water partition coefficient (Wildman–Crippen LogP) is 1.66. The van der Waals surface area contributed by atoms with Gasteiger partial charge in [-0.1, -0.05) is 23.4 Å². The van der Waals surface area contributed by atoms with Crippen LogP contribution in [0.4, 0.5) is 5.69 Å². The minimum Gasteiger partial charge on any atom is -0.363 e. The lowest BCUT2D eigenvalue weighted by molar-refractivity contribution is -0.117. The molecule has 1 unspecified atom stereocenters. The van der Waals surface area contributed by atoms with Crippen LogP contribution in [-0.4, -0.2) is 22.1 Å². The van der Waals surface area contributed by atoms with Crippen molar-refractivity contribution in [3.05, 3.63) is 48.5 Å². The molecule has 0 saturated carbocycles. The molecule has 1 atom stereocenters. The zero-order valence-corrected chi connectivity index (χ0v) is 10.7. The number of carbonyl (C=O) groups excluding carboxylic acids is 1. The van der Waals surface area contributed by atoms with E-state index in [4.69, 9.17) is 5.73 Å². The maximum absolute atomic E-state index is 12.0. The molecule has 6 nitrogen and oxygen atoms in total. The molecule has 6 heteroatoms. The van der Waals surface area contributed by atoms with Crippen LogP contribution in [0.25, 0.3) is 10.9 Å². The molecule has 0 radical (unpaired) electrons. The Bertz CT molecular complexity index is 718. The summed E-state index contributed by atoms with van der Waals surface area (Å²) in [6, 6.07) is 7.28. The maximum atomic E-state index is 12.0. The number of aromatic nitrogens is 2. The molecule has 3 rings (SSSR count). The lowest BCUT2D eigenvalue weighted by atomic mass is 10.1. The molecule has 4 N–H and O–H groups in total. The number of anilines is 1. The van der Waals surface area contributed by atoms with Gasteiger partial charge in [0.2, 0.25) is 5.91 Å². The van der Waals surface area contributed by atoms with Crippen molar-refractivity contribution in [1.29, 1.82) is 0 Å². The second-order valence-corrected chi connectivity index (χ2v) is 4.57. The maximum Gasteiger partial charge on any atom is 0.241 e. The van der Waals surface area contributed by atoms with Crippen molar-refractivity contribution in [2.24, 2.45) is 5.73 Å². The van der Waals surface area contributed by atoms with E-state index in [9.17, 15) is 4.79 Å². The summed E-state index contributed by atoms with van der Waals surface area (Å²) >= 11 is 0. The summed E-state index contributed by atoms with van der Waals surface area (Å²) < 4.78 is 4.65. The zero-order chi connectivity index (χ0) is 13.9. The molecule has 0 saturated heterocycles. The molecule has 0 fully saturated rings. The van der Waals surface area contributed by atoms with Crippen LogP contribution in [0.15, 0.2) is 47.4 Å². The van der Waals surface area contributed by atoms with Crippen molar-refractivity contribution in [3.8, 4) is 0 Å². The summed E-state index contributed by atoms with van der Waals surface area (Å²) in [7, 11) is 0. The number of nitrogens with one attached hydrogen (secondary N) is 2. The minimum atomic E-state index is -0.635. The Balaban J connectivity index is 1.72. The van der Waals surface area contributed by atoms with Crippen molar-refractivity contribution < 1.29 is 9.32 Å². The Morgan fingerprint density at radius 3 is 3.10 bits per heavy atom. The molecule has 0 aliphatic heterocycles. The molecule has 0 aliphatic rings. The number of amides is 1. The number of carbonyl (C=O) groups is 1. The Morgan fingerprint density at radius 2 is 2.30 bits per heavy atom. The van der Waals surface area contributed by atoms with E-state index in [0.29, 0.717) is 12.1 Å². The van der Waals surface area contributed by atoms with Gasteiger partial charge in [0.1, 0.15) is 12.0 Å². The number of aromatic amines is 1. The van der Waals surface area contributed by atoms with E-state index in [1.807, 2.05) is 30.5 Å². The van der Waals surface area contributed by atoms with Gasteiger partial charge in [-0.15, -0.1) is 0 Å². The predicted molar refractivity (Wildman–Crippen MR) is 75.1 cm³/mol. The number of benzene rings is 1. The van der Waals surface area contributed by atoms with Gasteiger partial charge in [0.25, 0.3) is 0 Å². The van der Waals surface area contributed by atoms with Crippen LogP contribution in [0.1, 0.15) is 5.56 Å². The molecule has 0 bridgehead atoms. The van der Waals surface area contributed by atoms with Crippen molar-refractivity contribution in [2.75, 3.05) is 5.32 Å². The molecule has 1 amide bonds. The minimum absolute atomic E-state index is 0.265. The Labute approximate surface area is 114 Å². The van der Waals surface area contributed by atoms with Crippen molar-refractivity contribution in [1.82, 2.24) is 10.1 Å². The van der Waals surface area contributed by atoms with E-state index in [2.05, 4.69) is 20.0 Å². The average molecular weight is 270 g/mol. The highest BCUT2D eigenvalue weighted by Crippen LogP contribution is 2.19. The molecule has 0 spiro atoms. The lowest BCUT2D eigenvalue weighted by Crippen LogP contribution is -2.37. The largest absolute Gasteiger partial charge is 0.363 e. The zero-order valence-electron chi connectivity index (χ0n) is 10.7. The van der Waals surface area contributed by atoms with E-state index in [1.54, 1.807) is 0 Å². The fraction of sp³-hybridized carbons (Fsp3) is 0.143. The number of H-pyrrole nitrogens is 1. The standard InChI is InChI=1S/C14H14N4O2/c15-12(14(19)18-10-7-17-20-8-10)5-9-6-16-13-4-2-1-3-11(9)13/h1-4,6-8,12,16H,5,15H2,(H,18,19). The third-order valence-corrected chi connectivity index (χ3v) is 3.15. The van der Waals surface area contributed by atoms with Crippen LogP contribution >= 0.6 is 0 Å². The fourth-order valence-corrected chi connectivity index (χ4v) is 2.13. The molecule has 102 valence electrons. The summed E-state index contributed by atoms with van der Waals surface area (Å²) in [6.45, 7) is 0. The first-order valence-corrected chi connectivity index (χ1v) is 6.25. The van der Waals surface area contributed by atoms with E-state index < -0.39 is 6.04 Å². The lowest BCUT2D eigenvalue weighted by Gasteiger charge is -2.10. The second-order valence-electron chi connectivity index (χ2n) is 4.57. The third-order valence-electron chi connectivity index (χ3n) is 3.15. The van der Waals surface area contributed by atoms with Gasteiger partial charge in [0, 0.05) is 17.1 Å². The summed E-state index contributed by atoms with van der Waals surface area (Å²) in [6.07, 6.45) is 5.13. The Hall–Kier alpha value is -2.60. The van der Waals surface area contributed by atoms with Gasteiger partial charge in [-0.25, -0.2) is 0 Å². The number of hydrogen-bond acceptors (Lipinski definition) is 4. The number of fused-ring (bicyclic) bond motifs is 1. The topological polar surface area (TPSA) is 96.9 Å². The van der Waals surface area contributed by atoms with Crippen LogP contribution in [-0.2, 0) is 11.2 Å². The molecular formula is C14H14N4O2. The van der Waals surface area contributed by atoms with E-state index in [1.165, 1.54) is 12.5 Å². The van der Waals surface area contributed by atoms with Gasteiger partial charge in [0.05, 0.1) is 12.2 Å². The Kier molecular flexibility index (Phi) is 3.22. The molecule has 3 aromatic rings. The number of para-hydroxylation sites is 1. The fourth-order valence-electron chi connectivity index (χ4n) is 2.13. The third kappa shape index (κ3) is 2.41. The molecule has 1 aromatic carbocycles. The van der Waals surface area contributed by atoms with Gasteiger partial charge in [-0.3, -0.25) is 4.79 Å². The quantitative estimate of drug-likeness (QED) is 0.671. The molecule has 2 aromatic heterocycles. The molecular weight excluding hydrogens is 256 g/mol. The average Bonchev–Trinajstić information content (AvgIpc) is 3.09. The van der Waals surface area contributed by atoms with Crippen LogP contribution in [0, 0.1) is 0 Å². The van der Waals surface area contributed by atoms with Crippen LogP contribution in [0.5, 0.6) is 0 Å². The van der Waals surface area contributed by atoms with E-state index in [0.717, 1.165) is 16.5 Å². The highest BCUT2D eigenvalue weighted by atomic mass is 16.5. The molecule has 20 heavy (non-hydrogen) atoms. The van der Waals surface area contributed by atoms with Gasteiger partial charge in [-0.2, -0.15) is 0 Å². The van der Waals surface area contributed by atoms with Gasteiger partial charge >= 0.3 is 0 Å². The normalized spacial score (nSPS) is 12.4. The monoisotopic (exact) mass is 270 g/mol. The SMILES string of the molecule is NC(Cc1c[nH]c2ccccc12)C(=O)Nc1cnoc1. The van der Waals surface area contributed by atoms with Crippen molar-refractivity contribution in [3.63, 3.8) is 0 Å².